The smallest absolute Gasteiger partial charge is 0.227 e. The minimum atomic E-state index is -0.595. The van der Waals surface area contributed by atoms with E-state index in [0.29, 0.717) is 24.4 Å². The van der Waals surface area contributed by atoms with Crippen molar-refractivity contribution in [3.8, 4) is 0 Å². The van der Waals surface area contributed by atoms with Crippen molar-refractivity contribution in [3.05, 3.63) is 24.3 Å². The molecule has 4 nitrogen and oxygen atoms in total. The third kappa shape index (κ3) is 3.07. The van der Waals surface area contributed by atoms with Gasteiger partial charge in [-0.05, 0) is 12.0 Å². The predicted molar refractivity (Wildman–Crippen MR) is 67.8 cm³/mol. The second-order valence-electron chi connectivity index (χ2n) is 4.21. The van der Waals surface area contributed by atoms with Crippen LogP contribution in [0.3, 0.4) is 0 Å². The Balaban J connectivity index is 2.03. The highest BCUT2D eigenvalue weighted by Gasteiger charge is 2.30. The van der Waals surface area contributed by atoms with Gasteiger partial charge in [0.2, 0.25) is 11.9 Å². The molecule has 2 rings (SSSR count). The number of hydrogen-bond acceptors (Lipinski definition) is 4. The average molecular weight is 268 g/mol. The average Bonchev–Trinajstić information content (AvgIpc) is 2.68. The highest BCUT2D eigenvalue weighted by Crippen LogP contribution is 2.27. The first-order valence-electron chi connectivity index (χ1n) is 5.61. The minimum Gasteiger partial charge on any atom is -0.312 e. The van der Waals surface area contributed by atoms with Gasteiger partial charge in [-0.2, -0.15) is 4.39 Å². The maximum Gasteiger partial charge on any atom is 0.227 e. The van der Waals surface area contributed by atoms with Crippen molar-refractivity contribution in [2.75, 3.05) is 17.2 Å². The van der Waals surface area contributed by atoms with Gasteiger partial charge in [0, 0.05) is 43.6 Å². The van der Waals surface area contributed by atoms with Crippen LogP contribution in [-0.2, 0) is 9.59 Å². The number of carbonyl (C=O) groups excluding carboxylic acids is 2. The molecule has 1 fully saturated rings. The standard InChI is InChI=1S/C12H13FN2O2S/c1-8(16)18-7-9-4-12(17)15(6-9)10-2-3-14-11(13)5-10/h2-3,5,9H,4,6-7H2,1H3. The van der Waals surface area contributed by atoms with Gasteiger partial charge in [-0.15, -0.1) is 0 Å². The van der Waals surface area contributed by atoms with Crippen LogP contribution < -0.4 is 4.90 Å². The largest absolute Gasteiger partial charge is 0.312 e. The molecule has 0 aromatic carbocycles. The summed E-state index contributed by atoms with van der Waals surface area (Å²) in [6, 6.07) is 2.86. The Bertz CT molecular complexity index is 481. The fraction of sp³-hybridized carbons (Fsp3) is 0.417. The fourth-order valence-corrected chi connectivity index (χ4v) is 2.63. The van der Waals surface area contributed by atoms with Crippen molar-refractivity contribution in [1.29, 1.82) is 0 Å². The quantitative estimate of drug-likeness (QED) is 0.785. The van der Waals surface area contributed by atoms with Crippen LogP contribution in [0.4, 0.5) is 10.1 Å². The lowest BCUT2D eigenvalue weighted by Crippen LogP contribution is -2.24. The maximum atomic E-state index is 13.0. The summed E-state index contributed by atoms with van der Waals surface area (Å²) < 4.78 is 13.0. The Morgan fingerprint density at radius 1 is 1.67 bits per heavy atom. The molecule has 0 bridgehead atoms. The lowest BCUT2D eigenvalue weighted by Gasteiger charge is -2.16. The van der Waals surface area contributed by atoms with Gasteiger partial charge in [0.05, 0.1) is 0 Å². The molecule has 1 aromatic heterocycles. The number of halogens is 1. The van der Waals surface area contributed by atoms with E-state index in [1.807, 2.05) is 0 Å². The van der Waals surface area contributed by atoms with Gasteiger partial charge in [0.25, 0.3) is 0 Å². The Kier molecular flexibility index (Phi) is 3.96. The molecule has 1 unspecified atom stereocenters. The molecule has 0 radical (unpaired) electrons. The number of pyridine rings is 1. The highest BCUT2D eigenvalue weighted by atomic mass is 32.2. The topological polar surface area (TPSA) is 50.3 Å². The zero-order valence-electron chi connectivity index (χ0n) is 9.93. The Hall–Kier alpha value is -1.43. The van der Waals surface area contributed by atoms with E-state index in [1.165, 1.54) is 30.9 Å². The van der Waals surface area contributed by atoms with Gasteiger partial charge < -0.3 is 4.90 Å². The lowest BCUT2D eigenvalue weighted by atomic mass is 10.1. The maximum absolute atomic E-state index is 13.0. The SMILES string of the molecule is CC(=O)SCC1CC(=O)N(c2ccnc(F)c2)C1. The molecule has 1 aliphatic rings. The molecule has 1 aromatic rings. The summed E-state index contributed by atoms with van der Waals surface area (Å²) in [5, 5.41) is 0.0517. The summed E-state index contributed by atoms with van der Waals surface area (Å²) >= 11 is 1.23. The van der Waals surface area contributed by atoms with E-state index in [-0.39, 0.29) is 16.9 Å². The third-order valence-corrected chi connectivity index (χ3v) is 3.79. The van der Waals surface area contributed by atoms with E-state index >= 15 is 0 Å². The number of anilines is 1. The van der Waals surface area contributed by atoms with E-state index < -0.39 is 5.95 Å². The Morgan fingerprint density at radius 3 is 3.11 bits per heavy atom. The van der Waals surface area contributed by atoms with Crippen molar-refractivity contribution >= 4 is 28.5 Å². The molecular weight excluding hydrogens is 255 g/mol. The fourth-order valence-electron chi connectivity index (χ4n) is 1.94. The second kappa shape index (κ2) is 5.48. The van der Waals surface area contributed by atoms with E-state index in [0.717, 1.165) is 0 Å². The summed E-state index contributed by atoms with van der Waals surface area (Å²) in [6.07, 6.45) is 1.75. The number of amides is 1. The molecule has 1 aliphatic heterocycles. The molecule has 0 aliphatic carbocycles. The van der Waals surface area contributed by atoms with Crippen molar-refractivity contribution in [3.63, 3.8) is 0 Å². The number of nitrogens with zero attached hydrogens (tertiary/aromatic N) is 2. The molecule has 18 heavy (non-hydrogen) atoms. The van der Waals surface area contributed by atoms with Crippen molar-refractivity contribution in [2.24, 2.45) is 5.92 Å². The van der Waals surface area contributed by atoms with Crippen LogP contribution in [0.2, 0.25) is 0 Å². The van der Waals surface area contributed by atoms with Gasteiger partial charge in [0.15, 0.2) is 5.12 Å². The lowest BCUT2D eigenvalue weighted by molar-refractivity contribution is -0.117. The number of hydrogen-bond donors (Lipinski definition) is 0. The van der Waals surface area contributed by atoms with Crippen molar-refractivity contribution < 1.29 is 14.0 Å². The number of carbonyl (C=O) groups is 2. The monoisotopic (exact) mass is 268 g/mol. The van der Waals surface area contributed by atoms with Gasteiger partial charge in [-0.1, -0.05) is 11.8 Å². The first-order valence-corrected chi connectivity index (χ1v) is 6.60. The normalized spacial score (nSPS) is 19.3. The van der Waals surface area contributed by atoms with Crippen LogP contribution in [0.25, 0.3) is 0 Å². The number of thioether (sulfide) groups is 1. The summed E-state index contributed by atoms with van der Waals surface area (Å²) in [5.41, 5.74) is 0.530. The van der Waals surface area contributed by atoms with Crippen molar-refractivity contribution in [1.82, 2.24) is 4.98 Å². The summed E-state index contributed by atoms with van der Waals surface area (Å²) in [6.45, 7) is 2.04. The zero-order chi connectivity index (χ0) is 13.1. The van der Waals surface area contributed by atoms with E-state index in [1.54, 1.807) is 11.0 Å². The molecule has 1 atom stereocenters. The summed E-state index contributed by atoms with van der Waals surface area (Å²) in [5.74, 6) is 0.143. The summed E-state index contributed by atoms with van der Waals surface area (Å²) in [7, 11) is 0. The molecule has 1 saturated heterocycles. The second-order valence-corrected chi connectivity index (χ2v) is 5.41. The first-order chi connectivity index (χ1) is 8.56. The Morgan fingerprint density at radius 2 is 2.44 bits per heavy atom. The molecule has 0 N–H and O–H groups in total. The Labute approximate surface area is 109 Å². The van der Waals surface area contributed by atoms with Crippen LogP contribution in [-0.4, -0.2) is 28.3 Å². The predicted octanol–water partition coefficient (Wildman–Crippen LogP) is 1.85. The molecule has 1 amide bonds. The molecule has 2 heterocycles. The zero-order valence-corrected chi connectivity index (χ0v) is 10.7. The van der Waals surface area contributed by atoms with Crippen molar-refractivity contribution in [2.45, 2.75) is 13.3 Å². The molecule has 6 heteroatoms. The molecule has 96 valence electrons. The number of aromatic nitrogens is 1. The molecule has 0 saturated carbocycles. The number of rotatable bonds is 3. The van der Waals surface area contributed by atoms with E-state index in [2.05, 4.69) is 4.98 Å². The van der Waals surface area contributed by atoms with Gasteiger partial charge in [-0.25, -0.2) is 4.98 Å². The van der Waals surface area contributed by atoms with Gasteiger partial charge in [-0.3, -0.25) is 9.59 Å². The van der Waals surface area contributed by atoms with Crippen LogP contribution in [0.1, 0.15) is 13.3 Å². The highest BCUT2D eigenvalue weighted by molar-refractivity contribution is 8.13. The van der Waals surface area contributed by atoms with E-state index in [9.17, 15) is 14.0 Å². The first kappa shape index (κ1) is 13.0. The minimum absolute atomic E-state index is 0.0326. The third-order valence-electron chi connectivity index (χ3n) is 2.75. The van der Waals surface area contributed by atoms with Crippen LogP contribution in [0.5, 0.6) is 0 Å². The van der Waals surface area contributed by atoms with Gasteiger partial charge in [0.1, 0.15) is 0 Å². The van der Waals surface area contributed by atoms with Crippen LogP contribution in [0.15, 0.2) is 18.3 Å². The summed E-state index contributed by atoms with van der Waals surface area (Å²) in [4.78, 5) is 27.7. The van der Waals surface area contributed by atoms with E-state index in [4.69, 9.17) is 0 Å². The molecule has 0 spiro atoms. The molecular formula is C12H13FN2O2S. The van der Waals surface area contributed by atoms with Crippen LogP contribution >= 0.6 is 11.8 Å². The van der Waals surface area contributed by atoms with Gasteiger partial charge >= 0.3 is 0 Å². The van der Waals surface area contributed by atoms with Crippen LogP contribution in [0, 0.1) is 11.9 Å².